The Bertz CT molecular complexity index is 183. The zero-order chi connectivity index (χ0) is 6.91. The molecule has 0 aliphatic carbocycles. The molecule has 0 aromatic rings. The number of halogens is 1. The van der Waals surface area contributed by atoms with Gasteiger partial charge in [0.1, 0.15) is 0 Å². The molecule has 2 N–H and O–H groups in total. The van der Waals surface area contributed by atoms with Crippen LogP contribution < -0.4 is 5.32 Å². The average Bonchev–Trinajstić information content (AvgIpc) is 1.62. The van der Waals surface area contributed by atoms with Gasteiger partial charge in [-0.3, -0.25) is 4.79 Å². The maximum absolute atomic E-state index is 10.3. The first-order valence-electron chi connectivity index (χ1n) is 2.57. The highest BCUT2D eigenvalue weighted by Crippen LogP contribution is 2.20. The van der Waals surface area contributed by atoms with Crippen molar-refractivity contribution in [3.63, 3.8) is 0 Å². The zero-order valence-corrected chi connectivity index (χ0v) is 5.94. The lowest BCUT2D eigenvalue weighted by atomic mass is 9.84. The molecule has 0 aromatic heterocycles. The normalized spacial score (nSPS) is 19.5. The summed E-state index contributed by atoms with van der Waals surface area (Å²) in [4.78, 5) is 10.3. The SMILES string of the molecule is Cl.N#CC1(C(=O)O)CNC1. The summed E-state index contributed by atoms with van der Waals surface area (Å²) in [5.41, 5.74) is -1.12. The molecule has 10 heavy (non-hydrogen) atoms. The minimum Gasteiger partial charge on any atom is -0.480 e. The van der Waals surface area contributed by atoms with Crippen LogP contribution in [0, 0.1) is 16.7 Å². The lowest BCUT2D eigenvalue weighted by Gasteiger charge is -2.31. The minimum absolute atomic E-state index is 0. The van der Waals surface area contributed by atoms with Crippen molar-refractivity contribution in [3.8, 4) is 6.07 Å². The van der Waals surface area contributed by atoms with E-state index in [1.807, 2.05) is 0 Å². The summed E-state index contributed by atoms with van der Waals surface area (Å²) in [7, 11) is 0. The number of carboxylic acids is 1. The van der Waals surface area contributed by atoms with Gasteiger partial charge in [-0.1, -0.05) is 0 Å². The van der Waals surface area contributed by atoms with Crippen LogP contribution in [0.2, 0.25) is 0 Å². The van der Waals surface area contributed by atoms with Gasteiger partial charge in [-0.2, -0.15) is 5.26 Å². The Morgan fingerprint density at radius 1 is 1.70 bits per heavy atom. The third kappa shape index (κ3) is 1.06. The van der Waals surface area contributed by atoms with Crippen molar-refractivity contribution in [2.45, 2.75) is 0 Å². The first-order chi connectivity index (χ1) is 4.21. The van der Waals surface area contributed by atoms with E-state index in [1.54, 1.807) is 6.07 Å². The largest absolute Gasteiger partial charge is 0.480 e. The Kier molecular flexibility index (Phi) is 2.64. The summed E-state index contributed by atoms with van der Waals surface area (Å²) in [6.07, 6.45) is 0. The highest BCUT2D eigenvalue weighted by molar-refractivity contribution is 5.85. The van der Waals surface area contributed by atoms with E-state index in [2.05, 4.69) is 5.32 Å². The van der Waals surface area contributed by atoms with Crippen molar-refractivity contribution in [2.24, 2.45) is 5.41 Å². The number of rotatable bonds is 1. The molecule has 0 saturated carbocycles. The molecule has 1 heterocycles. The first-order valence-corrected chi connectivity index (χ1v) is 2.57. The van der Waals surface area contributed by atoms with Crippen LogP contribution in [0.3, 0.4) is 0 Å². The Labute approximate surface area is 64.2 Å². The maximum Gasteiger partial charge on any atom is 0.326 e. The summed E-state index contributed by atoms with van der Waals surface area (Å²) < 4.78 is 0. The Morgan fingerprint density at radius 2 is 2.20 bits per heavy atom. The Hall–Kier alpha value is -0.790. The highest BCUT2D eigenvalue weighted by atomic mass is 35.5. The van der Waals surface area contributed by atoms with Crippen LogP contribution in [-0.4, -0.2) is 24.2 Å². The molecule has 0 atom stereocenters. The van der Waals surface area contributed by atoms with E-state index in [9.17, 15) is 4.79 Å². The van der Waals surface area contributed by atoms with Gasteiger partial charge < -0.3 is 10.4 Å². The number of nitrogens with one attached hydrogen (secondary N) is 1. The van der Waals surface area contributed by atoms with Crippen molar-refractivity contribution in [1.29, 1.82) is 5.26 Å². The van der Waals surface area contributed by atoms with E-state index in [-0.39, 0.29) is 25.5 Å². The predicted molar refractivity (Wildman–Crippen MR) is 35.8 cm³/mol. The fourth-order valence-electron chi connectivity index (χ4n) is 0.653. The molecule has 1 saturated heterocycles. The highest BCUT2D eigenvalue weighted by Gasteiger charge is 2.44. The summed E-state index contributed by atoms with van der Waals surface area (Å²) in [5, 5.41) is 19.5. The van der Waals surface area contributed by atoms with Crippen LogP contribution in [0.4, 0.5) is 0 Å². The van der Waals surface area contributed by atoms with E-state index in [4.69, 9.17) is 10.4 Å². The van der Waals surface area contributed by atoms with Gasteiger partial charge >= 0.3 is 5.97 Å². The van der Waals surface area contributed by atoms with Crippen molar-refractivity contribution in [1.82, 2.24) is 5.32 Å². The van der Waals surface area contributed by atoms with E-state index in [1.165, 1.54) is 0 Å². The van der Waals surface area contributed by atoms with Gasteiger partial charge in [-0.05, 0) is 0 Å². The fraction of sp³-hybridized carbons (Fsp3) is 0.600. The Morgan fingerprint density at radius 3 is 2.20 bits per heavy atom. The number of carboxylic acid groups (broad SMARTS) is 1. The van der Waals surface area contributed by atoms with E-state index in [0.717, 1.165) is 0 Å². The second kappa shape index (κ2) is 2.86. The van der Waals surface area contributed by atoms with Crippen LogP contribution in [0.1, 0.15) is 0 Å². The number of hydrogen-bond acceptors (Lipinski definition) is 3. The predicted octanol–water partition coefficient (Wildman–Crippen LogP) is -0.394. The fourth-order valence-corrected chi connectivity index (χ4v) is 0.653. The van der Waals surface area contributed by atoms with E-state index in [0.29, 0.717) is 0 Å². The molecule has 0 unspecified atom stereocenters. The maximum atomic E-state index is 10.3. The summed E-state index contributed by atoms with van der Waals surface area (Å²) in [5.74, 6) is -1.02. The van der Waals surface area contributed by atoms with Gasteiger partial charge in [0.2, 0.25) is 0 Å². The smallest absolute Gasteiger partial charge is 0.326 e. The monoisotopic (exact) mass is 162 g/mol. The molecule has 1 rings (SSSR count). The molecular formula is C5H7ClN2O2. The molecule has 1 fully saturated rings. The molecule has 56 valence electrons. The summed E-state index contributed by atoms with van der Waals surface area (Å²) >= 11 is 0. The molecule has 1 aliphatic heterocycles. The molecule has 5 heteroatoms. The number of carbonyl (C=O) groups is 1. The molecule has 0 spiro atoms. The number of nitrogens with zero attached hydrogens (tertiary/aromatic N) is 1. The second-order valence-corrected chi connectivity index (χ2v) is 2.10. The molecular weight excluding hydrogens is 156 g/mol. The van der Waals surface area contributed by atoms with Crippen molar-refractivity contribution in [2.75, 3.05) is 13.1 Å². The van der Waals surface area contributed by atoms with Crippen LogP contribution >= 0.6 is 12.4 Å². The third-order valence-electron chi connectivity index (χ3n) is 1.48. The van der Waals surface area contributed by atoms with Gasteiger partial charge in [0, 0.05) is 13.1 Å². The molecule has 0 bridgehead atoms. The van der Waals surface area contributed by atoms with Gasteiger partial charge in [-0.15, -0.1) is 12.4 Å². The molecule has 1 aliphatic rings. The quantitative estimate of drug-likeness (QED) is 0.551. The van der Waals surface area contributed by atoms with Crippen molar-refractivity contribution >= 4 is 18.4 Å². The Balaban J connectivity index is 0.000000810. The minimum atomic E-state index is -1.12. The van der Waals surface area contributed by atoms with Crippen LogP contribution in [0.25, 0.3) is 0 Å². The molecule has 0 aromatic carbocycles. The van der Waals surface area contributed by atoms with Gasteiger partial charge in [0.25, 0.3) is 0 Å². The van der Waals surface area contributed by atoms with Crippen LogP contribution in [0.5, 0.6) is 0 Å². The lowest BCUT2D eigenvalue weighted by molar-refractivity contribution is -0.147. The standard InChI is InChI=1S/C5H6N2O2.ClH/c6-1-5(4(8)9)2-7-3-5;/h7H,2-3H2,(H,8,9);1H. The van der Waals surface area contributed by atoms with E-state index < -0.39 is 11.4 Å². The van der Waals surface area contributed by atoms with E-state index >= 15 is 0 Å². The molecule has 0 amide bonds. The number of aliphatic carboxylic acids is 1. The third-order valence-corrected chi connectivity index (χ3v) is 1.48. The first kappa shape index (κ1) is 9.21. The topological polar surface area (TPSA) is 73.1 Å². The second-order valence-electron chi connectivity index (χ2n) is 2.10. The molecule has 0 radical (unpaired) electrons. The lowest BCUT2D eigenvalue weighted by Crippen LogP contribution is -2.57. The summed E-state index contributed by atoms with van der Waals surface area (Å²) in [6.45, 7) is 0.553. The summed E-state index contributed by atoms with van der Waals surface area (Å²) in [6, 6.07) is 1.75. The van der Waals surface area contributed by atoms with Crippen LogP contribution in [-0.2, 0) is 4.79 Å². The van der Waals surface area contributed by atoms with Gasteiger partial charge in [0.05, 0.1) is 6.07 Å². The van der Waals surface area contributed by atoms with Gasteiger partial charge in [0.15, 0.2) is 5.41 Å². The average molecular weight is 163 g/mol. The van der Waals surface area contributed by atoms with Crippen LogP contribution in [0.15, 0.2) is 0 Å². The molecule has 4 nitrogen and oxygen atoms in total. The number of nitriles is 1. The zero-order valence-electron chi connectivity index (χ0n) is 5.13. The number of hydrogen-bond donors (Lipinski definition) is 2. The van der Waals surface area contributed by atoms with Crippen molar-refractivity contribution in [3.05, 3.63) is 0 Å². The van der Waals surface area contributed by atoms with Gasteiger partial charge in [-0.25, -0.2) is 0 Å². The van der Waals surface area contributed by atoms with Crippen molar-refractivity contribution < 1.29 is 9.90 Å².